The fourth-order valence-electron chi connectivity index (χ4n) is 0.878. The summed E-state index contributed by atoms with van der Waals surface area (Å²) in [4.78, 5) is 9.49. The first-order valence-corrected chi connectivity index (χ1v) is 3.95. The van der Waals surface area contributed by atoms with Crippen LogP contribution in [-0.4, -0.2) is 11.2 Å². The second kappa shape index (κ2) is 2.34. The van der Waals surface area contributed by atoms with Crippen molar-refractivity contribution in [3.8, 4) is 0 Å². The Hall–Kier alpha value is -0.960. The number of fused-ring (bicyclic) bond motifs is 1. The highest BCUT2D eigenvalue weighted by atomic mass is 32.1. The Morgan fingerprint density at radius 3 is 3.50 bits per heavy atom. The van der Waals surface area contributed by atoms with E-state index in [4.69, 9.17) is 0 Å². The van der Waals surface area contributed by atoms with Crippen molar-refractivity contribution in [1.82, 2.24) is 4.98 Å². The van der Waals surface area contributed by atoms with E-state index in [9.17, 15) is 0 Å². The summed E-state index contributed by atoms with van der Waals surface area (Å²) in [5, 5.41) is 0. The quantitative estimate of drug-likeness (QED) is 0.553. The topological polar surface area (TPSA) is 25.2 Å². The molecule has 0 N–H and O–H groups in total. The molecule has 1 aromatic heterocycles. The van der Waals surface area contributed by atoms with E-state index in [1.165, 1.54) is 4.88 Å². The zero-order chi connectivity index (χ0) is 6.81. The van der Waals surface area contributed by atoms with E-state index >= 15 is 0 Å². The van der Waals surface area contributed by atoms with Crippen LogP contribution in [0.4, 0.5) is 0 Å². The molecule has 10 heavy (non-hydrogen) atoms. The first-order chi connectivity index (χ1) is 4.97. The molecule has 1 aliphatic heterocycles. The van der Waals surface area contributed by atoms with Crippen LogP contribution >= 0.6 is 11.3 Å². The summed E-state index contributed by atoms with van der Waals surface area (Å²) in [5.41, 5.74) is 2.94. The van der Waals surface area contributed by atoms with Crippen molar-refractivity contribution in [3.63, 3.8) is 0 Å². The molecule has 0 saturated carbocycles. The maximum absolute atomic E-state index is 4.17. The summed E-state index contributed by atoms with van der Waals surface area (Å²) in [6, 6.07) is 0. The minimum Gasteiger partial charge on any atom is -0.269 e. The molecule has 1 aliphatic rings. The third-order valence-electron chi connectivity index (χ3n) is 1.37. The highest BCUT2D eigenvalue weighted by Gasteiger charge is 2.01. The van der Waals surface area contributed by atoms with Gasteiger partial charge in [-0.15, -0.1) is 11.3 Å². The number of hydrogen-bond acceptors (Lipinski definition) is 3. The van der Waals surface area contributed by atoms with Crippen molar-refractivity contribution in [2.24, 2.45) is 4.99 Å². The molecule has 0 spiro atoms. The van der Waals surface area contributed by atoms with Gasteiger partial charge in [0.25, 0.3) is 0 Å². The summed E-state index contributed by atoms with van der Waals surface area (Å²) in [5.74, 6) is 0. The fraction of sp³-hybridized carbons (Fsp3) is 0.143. The van der Waals surface area contributed by atoms with E-state index in [1.54, 1.807) is 17.5 Å². The van der Waals surface area contributed by atoms with Gasteiger partial charge in [0.2, 0.25) is 0 Å². The first kappa shape index (κ1) is 5.80. The van der Waals surface area contributed by atoms with Gasteiger partial charge in [-0.2, -0.15) is 0 Å². The molecule has 2 nitrogen and oxygen atoms in total. The Morgan fingerprint density at radius 1 is 1.50 bits per heavy atom. The second-order valence-electron chi connectivity index (χ2n) is 2.01. The van der Waals surface area contributed by atoms with Crippen molar-refractivity contribution in [2.45, 2.75) is 6.42 Å². The van der Waals surface area contributed by atoms with Gasteiger partial charge in [-0.25, -0.2) is 4.98 Å². The van der Waals surface area contributed by atoms with Gasteiger partial charge in [-0.1, -0.05) is 0 Å². The van der Waals surface area contributed by atoms with Crippen molar-refractivity contribution < 1.29 is 0 Å². The molecule has 2 heterocycles. The molecule has 2 rings (SSSR count). The van der Waals surface area contributed by atoms with Crippen LogP contribution in [0.25, 0.3) is 6.08 Å². The highest BCUT2D eigenvalue weighted by molar-refractivity contribution is 7.09. The van der Waals surface area contributed by atoms with E-state index in [1.807, 2.05) is 17.8 Å². The van der Waals surface area contributed by atoms with Crippen LogP contribution in [0, 0.1) is 0 Å². The molecule has 0 bridgehead atoms. The summed E-state index contributed by atoms with van der Waals surface area (Å²) >= 11 is 1.69. The summed E-state index contributed by atoms with van der Waals surface area (Å²) in [6.45, 7) is 0. The maximum atomic E-state index is 4.17. The number of aromatic nitrogens is 1. The zero-order valence-corrected chi connectivity index (χ0v) is 6.14. The normalized spacial score (nSPS) is 14.8. The number of nitrogens with zero attached hydrogens (tertiary/aromatic N) is 2. The molecular weight excluding hydrogens is 144 g/mol. The second-order valence-corrected chi connectivity index (χ2v) is 2.95. The van der Waals surface area contributed by atoms with Gasteiger partial charge >= 0.3 is 0 Å². The largest absolute Gasteiger partial charge is 0.269 e. The number of rotatable bonds is 0. The number of thiazole rings is 1. The molecule has 0 atom stereocenters. The molecule has 1 aromatic rings. The molecule has 0 unspecified atom stereocenters. The van der Waals surface area contributed by atoms with Gasteiger partial charge in [0, 0.05) is 23.7 Å². The van der Waals surface area contributed by atoms with Crippen LogP contribution < -0.4 is 0 Å². The monoisotopic (exact) mass is 150 g/mol. The average Bonchev–Trinajstić information content (AvgIpc) is 2.28. The molecule has 0 radical (unpaired) electrons. The lowest BCUT2D eigenvalue weighted by molar-refractivity contribution is 1.32. The van der Waals surface area contributed by atoms with Crippen LogP contribution in [-0.2, 0) is 6.42 Å². The molecule has 0 aromatic carbocycles. The minimum absolute atomic E-state index is 0.924. The molecule has 50 valence electrons. The smallest absolute Gasteiger partial charge is 0.0801 e. The van der Waals surface area contributed by atoms with Gasteiger partial charge in [0.1, 0.15) is 0 Å². The van der Waals surface area contributed by atoms with Crippen LogP contribution in [0.5, 0.6) is 0 Å². The lowest BCUT2D eigenvalue weighted by Gasteiger charge is -1.85. The molecule has 0 aliphatic carbocycles. The zero-order valence-electron chi connectivity index (χ0n) is 5.32. The molecule has 0 fully saturated rings. The van der Waals surface area contributed by atoms with Crippen LogP contribution in [0.15, 0.2) is 16.7 Å². The van der Waals surface area contributed by atoms with Gasteiger partial charge in [-0.3, -0.25) is 4.99 Å². The molecule has 0 saturated heterocycles. The summed E-state index contributed by atoms with van der Waals surface area (Å²) in [7, 11) is 0. The predicted octanol–water partition coefficient (Wildman–Crippen LogP) is 1.74. The Bertz CT molecular complexity index is 286. The Balaban J connectivity index is 2.50. The highest BCUT2D eigenvalue weighted by Crippen LogP contribution is 2.16. The summed E-state index contributed by atoms with van der Waals surface area (Å²) < 4.78 is 0. The third-order valence-corrected chi connectivity index (χ3v) is 2.24. The molecule has 0 amide bonds. The Labute approximate surface area is 63.0 Å². The summed E-state index contributed by atoms with van der Waals surface area (Å²) in [6.07, 6.45) is 6.55. The lowest BCUT2D eigenvalue weighted by atomic mass is 10.3. The molecule has 3 heteroatoms. The average molecular weight is 150 g/mol. The van der Waals surface area contributed by atoms with E-state index in [0.29, 0.717) is 0 Å². The fourth-order valence-corrected chi connectivity index (χ4v) is 1.58. The van der Waals surface area contributed by atoms with Gasteiger partial charge in [0.05, 0.1) is 11.2 Å². The first-order valence-electron chi connectivity index (χ1n) is 3.07. The van der Waals surface area contributed by atoms with E-state index in [0.717, 1.165) is 12.1 Å². The van der Waals surface area contributed by atoms with Gasteiger partial charge < -0.3 is 0 Å². The lowest BCUT2D eigenvalue weighted by Crippen LogP contribution is -1.81. The van der Waals surface area contributed by atoms with Crippen LogP contribution in [0.1, 0.15) is 10.6 Å². The Morgan fingerprint density at radius 2 is 2.50 bits per heavy atom. The maximum Gasteiger partial charge on any atom is 0.0801 e. The van der Waals surface area contributed by atoms with Crippen molar-refractivity contribution in [2.75, 3.05) is 0 Å². The van der Waals surface area contributed by atoms with E-state index in [-0.39, 0.29) is 0 Å². The van der Waals surface area contributed by atoms with Gasteiger partial charge in [0.15, 0.2) is 0 Å². The number of aliphatic imine (C=N–C) groups is 1. The van der Waals surface area contributed by atoms with Crippen LogP contribution in [0.2, 0.25) is 0 Å². The van der Waals surface area contributed by atoms with Crippen LogP contribution in [0.3, 0.4) is 0 Å². The third kappa shape index (κ3) is 0.885. The molecular formula is C7H6N2S. The Kier molecular flexibility index (Phi) is 1.36. The van der Waals surface area contributed by atoms with E-state index < -0.39 is 0 Å². The van der Waals surface area contributed by atoms with Crippen molar-refractivity contribution in [1.29, 1.82) is 0 Å². The minimum atomic E-state index is 0.924. The van der Waals surface area contributed by atoms with Gasteiger partial charge in [-0.05, 0) is 6.08 Å². The van der Waals surface area contributed by atoms with E-state index in [2.05, 4.69) is 9.98 Å². The van der Waals surface area contributed by atoms with Crippen molar-refractivity contribution >= 4 is 23.6 Å². The SMILES string of the molecule is C1=Cc2ncsc2CC=N1. The predicted molar refractivity (Wildman–Crippen MR) is 43.3 cm³/mol. The standard InChI is InChI=1S/C7H6N2S/c1-3-8-4-2-7-6(1)9-5-10-7/h1,3-5H,2H2. The number of hydrogen-bond donors (Lipinski definition) is 0. The van der Waals surface area contributed by atoms with Crippen molar-refractivity contribution in [3.05, 3.63) is 22.3 Å².